The molecule has 3 rings (SSSR count). The largest absolute Gasteiger partial charge is 0.419 e. The molecule has 3 aromatic rings. The number of hydrogen-bond donors (Lipinski definition) is 1. The minimum Gasteiger partial charge on any atom is -0.419 e. The second-order valence-corrected chi connectivity index (χ2v) is 5.23. The Bertz CT molecular complexity index is 816. The van der Waals surface area contributed by atoms with Gasteiger partial charge in [-0.2, -0.15) is 0 Å². The molecule has 0 aromatic carbocycles. The van der Waals surface area contributed by atoms with Gasteiger partial charge in [-0.3, -0.25) is 9.20 Å². The highest BCUT2D eigenvalue weighted by Crippen LogP contribution is 2.20. The van der Waals surface area contributed by atoms with Crippen molar-refractivity contribution < 1.29 is 4.42 Å². The molecule has 0 saturated heterocycles. The van der Waals surface area contributed by atoms with Crippen LogP contribution in [0.2, 0.25) is 0 Å². The first-order chi connectivity index (χ1) is 9.11. The van der Waals surface area contributed by atoms with Gasteiger partial charge < -0.3 is 10.2 Å². The molecule has 0 aliphatic rings. The molecule has 2 N–H and O–H groups in total. The van der Waals surface area contributed by atoms with Crippen molar-refractivity contribution in [3.8, 4) is 11.5 Å². The first kappa shape index (κ1) is 12.0. The first-order valence-electron chi connectivity index (χ1n) is 5.62. The maximum absolute atomic E-state index is 12.4. The van der Waals surface area contributed by atoms with Crippen LogP contribution in [0.5, 0.6) is 0 Å². The molecular weight excluding hydrogens is 266 g/mol. The predicted molar refractivity (Wildman–Crippen MR) is 70.0 cm³/mol. The molecule has 0 amide bonds. The fourth-order valence-electron chi connectivity index (χ4n) is 1.77. The molecular formula is C11H11N5O2S. The highest BCUT2D eigenvalue weighted by atomic mass is 32.1. The quantitative estimate of drug-likeness (QED) is 0.746. The second-order valence-electron chi connectivity index (χ2n) is 4.04. The number of nitrogens with two attached hydrogens (primary N) is 1. The van der Waals surface area contributed by atoms with Crippen LogP contribution in [0.3, 0.4) is 0 Å². The Kier molecular flexibility index (Phi) is 2.68. The third-order valence-electron chi connectivity index (χ3n) is 2.89. The summed E-state index contributed by atoms with van der Waals surface area (Å²) in [5.74, 6) is 0.438. The first-order valence-corrected chi connectivity index (χ1v) is 6.44. The van der Waals surface area contributed by atoms with Gasteiger partial charge in [-0.05, 0) is 13.8 Å². The lowest BCUT2D eigenvalue weighted by molar-refractivity contribution is 0.508. The summed E-state index contributed by atoms with van der Waals surface area (Å²) >= 11 is 1.47. The molecule has 0 unspecified atom stereocenters. The topological polar surface area (TPSA) is 99.3 Å². The molecule has 19 heavy (non-hydrogen) atoms. The van der Waals surface area contributed by atoms with Crippen LogP contribution in [-0.4, -0.2) is 19.6 Å². The van der Waals surface area contributed by atoms with Crippen molar-refractivity contribution >= 4 is 16.3 Å². The molecule has 3 heterocycles. The van der Waals surface area contributed by atoms with Crippen molar-refractivity contribution in [1.82, 2.24) is 19.6 Å². The minimum atomic E-state index is -0.209. The number of fused-ring (bicyclic) bond motifs is 1. The average Bonchev–Trinajstić information content (AvgIpc) is 2.96. The SMILES string of the molecule is Cc1sc2ncc(-c3nnc(CN)o3)c(=O)n2c1C. The summed E-state index contributed by atoms with van der Waals surface area (Å²) in [7, 11) is 0. The third kappa shape index (κ3) is 1.76. The van der Waals surface area contributed by atoms with Crippen LogP contribution in [0.15, 0.2) is 15.4 Å². The van der Waals surface area contributed by atoms with E-state index in [-0.39, 0.29) is 29.4 Å². The summed E-state index contributed by atoms with van der Waals surface area (Å²) in [5.41, 5.74) is 6.35. The Hall–Kier alpha value is -2.06. The van der Waals surface area contributed by atoms with Crippen LogP contribution in [0.1, 0.15) is 16.5 Å². The van der Waals surface area contributed by atoms with E-state index in [4.69, 9.17) is 10.2 Å². The summed E-state index contributed by atoms with van der Waals surface area (Å²) in [5, 5.41) is 7.56. The van der Waals surface area contributed by atoms with Gasteiger partial charge in [0.05, 0.1) is 6.54 Å². The van der Waals surface area contributed by atoms with E-state index < -0.39 is 0 Å². The summed E-state index contributed by atoms with van der Waals surface area (Å²) in [6.45, 7) is 3.97. The fraction of sp³-hybridized carbons (Fsp3) is 0.273. The standard InChI is InChI=1S/C11H11N5O2S/c1-5-6(2)19-11-13-4-7(10(17)16(5)11)9-15-14-8(3-12)18-9/h4H,3,12H2,1-2H3. The van der Waals surface area contributed by atoms with Gasteiger partial charge >= 0.3 is 0 Å². The van der Waals surface area contributed by atoms with Crippen LogP contribution < -0.4 is 11.3 Å². The molecule has 7 nitrogen and oxygen atoms in total. The Morgan fingerprint density at radius 2 is 2.21 bits per heavy atom. The highest BCUT2D eigenvalue weighted by molar-refractivity contribution is 7.17. The van der Waals surface area contributed by atoms with E-state index in [1.807, 2.05) is 13.8 Å². The lowest BCUT2D eigenvalue weighted by Gasteiger charge is -1.97. The Labute approximate surface area is 111 Å². The van der Waals surface area contributed by atoms with Crippen molar-refractivity contribution in [3.05, 3.63) is 33.0 Å². The molecule has 98 valence electrons. The molecule has 0 fully saturated rings. The third-order valence-corrected chi connectivity index (χ3v) is 3.96. The van der Waals surface area contributed by atoms with Crippen LogP contribution in [-0.2, 0) is 6.54 Å². The summed E-state index contributed by atoms with van der Waals surface area (Å²) in [6, 6.07) is 0. The van der Waals surface area contributed by atoms with Crippen LogP contribution in [0.25, 0.3) is 16.4 Å². The van der Waals surface area contributed by atoms with Gasteiger partial charge in [-0.25, -0.2) is 4.98 Å². The monoisotopic (exact) mass is 277 g/mol. The van der Waals surface area contributed by atoms with Crippen LogP contribution in [0.4, 0.5) is 0 Å². The number of aromatic nitrogens is 4. The highest BCUT2D eigenvalue weighted by Gasteiger charge is 2.16. The Morgan fingerprint density at radius 3 is 2.89 bits per heavy atom. The summed E-state index contributed by atoms with van der Waals surface area (Å²) in [6.07, 6.45) is 1.46. The van der Waals surface area contributed by atoms with E-state index in [9.17, 15) is 4.79 Å². The van der Waals surface area contributed by atoms with E-state index in [1.54, 1.807) is 4.40 Å². The van der Waals surface area contributed by atoms with E-state index in [0.29, 0.717) is 4.96 Å². The number of thiazole rings is 1. The van der Waals surface area contributed by atoms with Crippen LogP contribution >= 0.6 is 11.3 Å². The molecule has 0 bridgehead atoms. The molecule has 0 atom stereocenters. The molecule has 0 aliphatic heterocycles. The van der Waals surface area contributed by atoms with Crippen molar-refractivity contribution in [2.45, 2.75) is 20.4 Å². The van der Waals surface area contributed by atoms with Gasteiger partial charge in [-0.15, -0.1) is 21.5 Å². The maximum Gasteiger partial charge on any atom is 0.271 e. The van der Waals surface area contributed by atoms with Crippen molar-refractivity contribution in [2.75, 3.05) is 0 Å². The number of rotatable bonds is 2. The van der Waals surface area contributed by atoms with Gasteiger partial charge in [0.1, 0.15) is 5.56 Å². The second kappa shape index (κ2) is 4.25. The Balaban J connectivity index is 2.28. The van der Waals surface area contributed by atoms with E-state index in [2.05, 4.69) is 15.2 Å². The summed E-state index contributed by atoms with van der Waals surface area (Å²) < 4.78 is 6.86. The number of aryl methyl sites for hydroxylation is 2. The lowest BCUT2D eigenvalue weighted by Crippen LogP contribution is -2.16. The zero-order chi connectivity index (χ0) is 13.6. The van der Waals surface area contributed by atoms with Crippen molar-refractivity contribution in [3.63, 3.8) is 0 Å². The molecule has 0 aliphatic carbocycles. The van der Waals surface area contributed by atoms with Crippen molar-refractivity contribution in [2.24, 2.45) is 5.73 Å². The molecule has 8 heteroatoms. The van der Waals surface area contributed by atoms with E-state index in [0.717, 1.165) is 10.6 Å². The number of hydrogen-bond acceptors (Lipinski definition) is 7. The van der Waals surface area contributed by atoms with Gasteiger partial charge in [0.2, 0.25) is 5.89 Å². The smallest absolute Gasteiger partial charge is 0.271 e. The van der Waals surface area contributed by atoms with Crippen LogP contribution in [0, 0.1) is 13.8 Å². The molecule has 0 saturated carbocycles. The minimum absolute atomic E-state index is 0.139. The van der Waals surface area contributed by atoms with E-state index >= 15 is 0 Å². The zero-order valence-electron chi connectivity index (χ0n) is 10.4. The average molecular weight is 277 g/mol. The number of nitrogens with zero attached hydrogens (tertiary/aromatic N) is 4. The van der Waals surface area contributed by atoms with Gasteiger partial charge in [0.25, 0.3) is 11.4 Å². The predicted octanol–water partition coefficient (Wildman–Crippen LogP) is 0.882. The van der Waals surface area contributed by atoms with Gasteiger partial charge in [-0.1, -0.05) is 0 Å². The molecule has 3 aromatic heterocycles. The zero-order valence-corrected chi connectivity index (χ0v) is 11.2. The van der Waals surface area contributed by atoms with Gasteiger partial charge in [0, 0.05) is 16.8 Å². The maximum atomic E-state index is 12.4. The van der Waals surface area contributed by atoms with Crippen molar-refractivity contribution in [1.29, 1.82) is 0 Å². The van der Waals surface area contributed by atoms with E-state index in [1.165, 1.54) is 17.5 Å². The normalized spacial score (nSPS) is 11.3. The van der Waals surface area contributed by atoms with Gasteiger partial charge in [0.15, 0.2) is 4.96 Å². The Morgan fingerprint density at radius 1 is 1.42 bits per heavy atom. The fourth-order valence-corrected chi connectivity index (χ4v) is 2.70. The lowest BCUT2D eigenvalue weighted by atomic mass is 10.3. The summed E-state index contributed by atoms with van der Waals surface area (Å²) in [4.78, 5) is 18.4. The molecule has 0 radical (unpaired) electrons. The molecule has 0 spiro atoms.